The Hall–Kier alpha value is -2.16. The topological polar surface area (TPSA) is 69.6 Å². The van der Waals surface area contributed by atoms with E-state index in [4.69, 9.17) is 0 Å². The van der Waals surface area contributed by atoms with Gasteiger partial charge in [-0.15, -0.1) is 24.0 Å². The molecule has 0 bridgehead atoms. The van der Waals surface area contributed by atoms with Crippen molar-refractivity contribution in [3.8, 4) is 0 Å². The summed E-state index contributed by atoms with van der Waals surface area (Å²) in [6.45, 7) is 4.30. The lowest BCUT2D eigenvalue weighted by atomic mass is 9.82. The minimum absolute atomic E-state index is 0. The smallest absolute Gasteiger partial charge is 0.243 e. The van der Waals surface area contributed by atoms with Crippen LogP contribution in [0.25, 0.3) is 0 Å². The van der Waals surface area contributed by atoms with E-state index < -0.39 is 0 Å². The van der Waals surface area contributed by atoms with Gasteiger partial charge in [0, 0.05) is 26.3 Å². The third kappa shape index (κ3) is 5.92. The van der Waals surface area contributed by atoms with Crippen molar-refractivity contribution in [2.45, 2.75) is 19.3 Å². The molecule has 150 valence electrons. The minimum atomic E-state index is -0.114. The first-order valence-corrected chi connectivity index (χ1v) is 9.38. The third-order valence-corrected chi connectivity index (χ3v) is 5.00. The molecule has 28 heavy (non-hydrogen) atoms. The molecule has 1 aliphatic rings. The fourth-order valence-corrected chi connectivity index (χ4v) is 3.67. The number of hydrogen-bond acceptors (Lipinski definition) is 3. The number of halogens is 1. The predicted molar refractivity (Wildman–Crippen MR) is 124 cm³/mol. The molecule has 2 heterocycles. The lowest BCUT2D eigenvalue weighted by molar-refractivity contribution is -0.115. The van der Waals surface area contributed by atoms with E-state index in [1.54, 1.807) is 25.5 Å². The fraction of sp³-hybridized carbons (Fsp3) is 0.381. The highest BCUT2D eigenvalue weighted by atomic mass is 127. The SMILES string of the molecule is CN=C(NCC(=O)Nc1cccnc1)N1CCC(c2ccccc2)C(C)C1.I. The van der Waals surface area contributed by atoms with Crippen LogP contribution in [0.5, 0.6) is 0 Å². The summed E-state index contributed by atoms with van der Waals surface area (Å²) in [7, 11) is 1.76. The molecule has 0 radical (unpaired) electrons. The number of hydrogen-bond donors (Lipinski definition) is 2. The minimum Gasteiger partial charge on any atom is -0.347 e. The Morgan fingerprint density at radius 2 is 2.04 bits per heavy atom. The summed E-state index contributed by atoms with van der Waals surface area (Å²) in [6, 6.07) is 14.3. The molecule has 0 saturated carbocycles. The van der Waals surface area contributed by atoms with Crippen LogP contribution in [-0.4, -0.2) is 48.4 Å². The Kier molecular flexibility index (Phi) is 8.69. The highest BCUT2D eigenvalue weighted by molar-refractivity contribution is 14.0. The number of amides is 1. The molecule has 1 amide bonds. The number of carbonyl (C=O) groups excluding carboxylic acids is 1. The zero-order valence-electron chi connectivity index (χ0n) is 16.3. The van der Waals surface area contributed by atoms with Crippen LogP contribution in [0.15, 0.2) is 59.9 Å². The zero-order chi connectivity index (χ0) is 19.1. The van der Waals surface area contributed by atoms with Gasteiger partial charge in [-0.05, 0) is 36.0 Å². The van der Waals surface area contributed by atoms with Gasteiger partial charge in [0.2, 0.25) is 5.91 Å². The van der Waals surface area contributed by atoms with Crippen LogP contribution in [0.2, 0.25) is 0 Å². The average Bonchev–Trinajstić information content (AvgIpc) is 2.70. The lowest BCUT2D eigenvalue weighted by Gasteiger charge is -2.38. The molecule has 1 saturated heterocycles. The molecule has 1 aromatic carbocycles. The molecule has 2 atom stereocenters. The molecule has 7 heteroatoms. The Morgan fingerprint density at radius 3 is 2.68 bits per heavy atom. The number of piperidine rings is 1. The molecule has 2 N–H and O–H groups in total. The van der Waals surface area contributed by atoms with E-state index in [0.717, 1.165) is 25.5 Å². The largest absolute Gasteiger partial charge is 0.347 e. The number of anilines is 1. The molecule has 6 nitrogen and oxygen atoms in total. The van der Waals surface area contributed by atoms with Crippen molar-refractivity contribution in [1.82, 2.24) is 15.2 Å². The molecule has 2 unspecified atom stereocenters. The van der Waals surface area contributed by atoms with Gasteiger partial charge in [0.15, 0.2) is 5.96 Å². The molecule has 1 aromatic heterocycles. The van der Waals surface area contributed by atoms with Crippen LogP contribution in [0.3, 0.4) is 0 Å². The molecule has 1 aliphatic heterocycles. The van der Waals surface area contributed by atoms with Crippen LogP contribution >= 0.6 is 24.0 Å². The van der Waals surface area contributed by atoms with Crippen molar-refractivity contribution in [1.29, 1.82) is 0 Å². The standard InChI is InChI=1S/C21H27N5O.HI/c1-16-15-26(12-10-19(16)17-7-4-3-5-8-17)21(22-2)24-14-20(27)25-18-9-6-11-23-13-18;/h3-9,11,13,16,19H,10,12,14-15H2,1-2H3,(H,22,24)(H,25,27);1H. The number of aliphatic imine (C=N–C) groups is 1. The summed E-state index contributed by atoms with van der Waals surface area (Å²) in [5.41, 5.74) is 2.10. The monoisotopic (exact) mass is 493 g/mol. The van der Waals surface area contributed by atoms with Crippen molar-refractivity contribution in [3.63, 3.8) is 0 Å². The maximum atomic E-state index is 12.1. The van der Waals surface area contributed by atoms with Crippen molar-refractivity contribution in [3.05, 3.63) is 60.4 Å². The van der Waals surface area contributed by atoms with Crippen LogP contribution in [0.4, 0.5) is 5.69 Å². The normalized spacial score (nSPS) is 19.5. The van der Waals surface area contributed by atoms with Crippen LogP contribution in [0.1, 0.15) is 24.8 Å². The van der Waals surface area contributed by atoms with Crippen molar-refractivity contribution < 1.29 is 4.79 Å². The van der Waals surface area contributed by atoms with Crippen molar-refractivity contribution in [2.75, 3.05) is 32.0 Å². The molecule has 0 spiro atoms. The number of carbonyl (C=O) groups is 1. The number of rotatable bonds is 4. The number of pyridine rings is 1. The molecule has 1 fully saturated rings. The maximum absolute atomic E-state index is 12.1. The fourth-order valence-electron chi connectivity index (χ4n) is 3.67. The van der Waals surface area contributed by atoms with E-state index in [0.29, 0.717) is 17.5 Å². The van der Waals surface area contributed by atoms with Crippen LogP contribution in [0, 0.1) is 5.92 Å². The van der Waals surface area contributed by atoms with Crippen molar-refractivity contribution in [2.24, 2.45) is 10.9 Å². The van der Waals surface area contributed by atoms with Gasteiger partial charge < -0.3 is 15.5 Å². The van der Waals surface area contributed by atoms with Gasteiger partial charge in [-0.25, -0.2) is 0 Å². The van der Waals surface area contributed by atoms with Crippen molar-refractivity contribution >= 4 is 41.5 Å². The van der Waals surface area contributed by atoms with Gasteiger partial charge in [-0.3, -0.25) is 14.8 Å². The highest BCUT2D eigenvalue weighted by Crippen LogP contribution is 2.32. The van der Waals surface area contributed by atoms with Crippen LogP contribution in [-0.2, 0) is 4.79 Å². The van der Waals surface area contributed by atoms with E-state index in [9.17, 15) is 4.79 Å². The van der Waals surface area contributed by atoms with Crippen LogP contribution < -0.4 is 10.6 Å². The first-order valence-electron chi connectivity index (χ1n) is 9.38. The van der Waals surface area contributed by atoms with E-state index in [-0.39, 0.29) is 36.4 Å². The first-order chi connectivity index (χ1) is 13.2. The zero-order valence-corrected chi connectivity index (χ0v) is 18.7. The summed E-state index contributed by atoms with van der Waals surface area (Å²) >= 11 is 0. The highest BCUT2D eigenvalue weighted by Gasteiger charge is 2.28. The Balaban J connectivity index is 0.00000280. The number of guanidine groups is 1. The van der Waals surface area contributed by atoms with E-state index in [2.05, 4.69) is 62.8 Å². The molecule has 2 aromatic rings. The molecular weight excluding hydrogens is 465 g/mol. The molecular formula is C21H28IN5O. The Bertz CT molecular complexity index is 769. The Labute approximate surface area is 183 Å². The number of nitrogens with one attached hydrogen (secondary N) is 2. The Morgan fingerprint density at radius 1 is 1.25 bits per heavy atom. The third-order valence-electron chi connectivity index (χ3n) is 5.00. The van der Waals surface area contributed by atoms with Gasteiger partial charge in [-0.2, -0.15) is 0 Å². The second-order valence-electron chi connectivity index (χ2n) is 6.92. The second kappa shape index (κ2) is 11.0. The summed E-state index contributed by atoms with van der Waals surface area (Å²) < 4.78 is 0. The average molecular weight is 493 g/mol. The van der Waals surface area contributed by atoms with E-state index >= 15 is 0 Å². The maximum Gasteiger partial charge on any atom is 0.243 e. The summed E-state index contributed by atoms with van der Waals surface area (Å²) in [5.74, 6) is 1.74. The molecule has 0 aliphatic carbocycles. The van der Waals surface area contributed by atoms with Gasteiger partial charge >= 0.3 is 0 Å². The lowest BCUT2D eigenvalue weighted by Crippen LogP contribution is -2.49. The quantitative estimate of drug-likeness (QED) is 0.390. The second-order valence-corrected chi connectivity index (χ2v) is 6.92. The number of likely N-dealkylation sites (tertiary alicyclic amines) is 1. The van der Waals surface area contributed by atoms with Gasteiger partial charge in [0.05, 0.1) is 18.4 Å². The number of benzene rings is 1. The molecule has 3 rings (SSSR count). The van der Waals surface area contributed by atoms with E-state index in [1.165, 1.54) is 5.56 Å². The number of nitrogens with zero attached hydrogens (tertiary/aromatic N) is 3. The van der Waals surface area contributed by atoms with Gasteiger partial charge in [0.1, 0.15) is 0 Å². The summed E-state index contributed by atoms with van der Waals surface area (Å²) in [6.07, 6.45) is 4.38. The first kappa shape index (κ1) is 22.1. The summed E-state index contributed by atoms with van der Waals surface area (Å²) in [5, 5.41) is 6.00. The van der Waals surface area contributed by atoms with E-state index in [1.807, 2.05) is 6.07 Å². The predicted octanol–water partition coefficient (Wildman–Crippen LogP) is 3.34. The number of aromatic nitrogens is 1. The van der Waals surface area contributed by atoms with Gasteiger partial charge in [0.25, 0.3) is 0 Å². The summed E-state index contributed by atoms with van der Waals surface area (Å²) in [4.78, 5) is 22.7. The van der Waals surface area contributed by atoms with Gasteiger partial charge in [-0.1, -0.05) is 37.3 Å².